The Morgan fingerprint density at radius 3 is 2.62 bits per heavy atom. The van der Waals surface area contributed by atoms with Crippen LogP contribution in [0.1, 0.15) is 37.4 Å². The molecule has 0 saturated carbocycles. The molecule has 4 nitrogen and oxygen atoms in total. The van der Waals surface area contributed by atoms with Crippen LogP contribution in [0.3, 0.4) is 0 Å². The maximum Gasteiger partial charge on any atom is 0.320 e. The fourth-order valence-electron chi connectivity index (χ4n) is 1.24. The molecule has 5 heteroatoms. The van der Waals surface area contributed by atoms with Crippen molar-refractivity contribution in [2.24, 2.45) is 0 Å². The number of hydrogen-bond donors (Lipinski definition) is 1. The Morgan fingerprint density at radius 2 is 2.19 bits per heavy atom. The maximum absolute atomic E-state index is 10.8. The predicted octanol–water partition coefficient (Wildman–Crippen LogP) is 2.17. The highest BCUT2D eigenvalue weighted by Gasteiger charge is 2.17. The molecule has 0 aliphatic heterocycles. The van der Waals surface area contributed by atoms with Gasteiger partial charge in [0.2, 0.25) is 0 Å². The molecule has 0 fully saturated rings. The van der Waals surface area contributed by atoms with Crippen LogP contribution in [0, 0.1) is 0 Å². The number of thiazole rings is 1. The second-order valence-electron chi connectivity index (χ2n) is 4.26. The van der Waals surface area contributed by atoms with E-state index in [9.17, 15) is 4.79 Å². The predicted molar refractivity (Wildman–Crippen MR) is 64.8 cm³/mol. The van der Waals surface area contributed by atoms with Gasteiger partial charge in [-0.15, -0.1) is 11.3 Å². The molecule has 0 saturated heterocycles. The molecule has 0 radical (unpaired) electrons. The number of carbonyl (C=O) groups is 1. The molecule has 1 aromatic heterocycles. The highest BCUT2D eigenvalue weighted by atomic mass is 32.1. The summed E-state index contributed by atoms with van der Waals surface area (Å²) in [6.07, 6.45) is 0. The Labute approximate surface area is 99.9 Å². The number of aromatic nitrogens is 1. The van der Waals surface area contributed by atoms with Crippen LogP contribution in [-0.2, 0) is 11.3 Å². The first-order valence-electron chi connectivity index (χ1n) is 5.29. The summed E-state index contributed by atoms with van der Waals surface area (Å²) in [4.78, 5) is 17.0. The second-order valence-corrected chi connectivity index (χ2v) is 5.15. The number of carboxylic acid groups (broad SMARTS) is 1. The van der Waals surface area contributed by atoms with Crippen molar-refractivity contribution in [1.82, 2.24) is 9.88 Å². The lowest BCUT2D eigenvalue weighted by Gasteiger charge is -2.19. The van der Waals surface area contributed by atoms with E-state index in [-0.39, 0.29) is 0 Å². The Bertz CT molecular complexity index is 363. The molecule has 1 aromatic rings. The van der Waals surface area contributed by atoms with Crippen molar-refractivity contribution in [1.29, 1.82) is 0 Å². The van der Waals surface area contributed by atoms with E-state index < -0.39 is 12.0 Å². The minimum atomic E-state index is -0.804. The minimum absolute atomic E-state index is 0.431. The van der Waals surface area contributed by atoms with Crippen LogP contribution in [0.4, 0.5) is 0 Å². The second kappa shape index (κ2) is 5.41. The van der Waals surface area contributed by atoms with Crippen LogP contribution in [0.2, 0.25) is 0 Å². The fourth-order valence-corrected chi connectivity index (χ4v) is 2.07. The Balaban J connectivity index is 2.62. The van der Waals surface area contributed by atoms with Gasteiger partial charge in [-0.2, -0.15) is 0 Å². The first-order chi connectivity index (χ1) is 7.41. The molecule has 1 atom stereocenters. The molecule has 1 rings (SSSR count). The molecule has 90 valence electrons. The zero-order chi connectivity index (χ0) is 12.3. The normalized spacial score (nSPS) is 13.4. The third-order valence-corrected chi connectivity index (χ3v) is 3.69. The van der Waals surface area contributed by atoms with Gasteiger partial charge >= 0.3 is 5.97 Å². The maximum atomic E-state index is 10.8. The molecule has 0 aliphatic rings. The molecule has 1 N–H and O–H groups in total. The summed E-state index contributed by atoms with van der Waals surface area (Å²) in [5.74, 6) is -0.372. The molecular weight excluding hydrogens is 224 g/mol. The zero-order valence-corrected chi connectivity index (χ0v) is 10.9. The van der Waals surface area contributed by atoms with Gasteiger partial charge < -0.3 is 5.11 Å². The third kappa shape index (κ3) is 3.28. The van der Waals surface area contributed by atoms with Crippen molar-refractivity contribution >= 4 is 17.3 Å². The van der Waals surface area contributed by atoms with Crippen LogP contribution in [0.15, 0.2) is 5.38 Å². The smallest absolute Gasteiger partial charge is 0.320 e. The molecule has 16 heavy (non-hydrogen) atoms. The van der Waals surface area contributed by atoms with Crippen molar-refractivity contribution in [2.45, 2.75) is 39.3 Å². The van der Waals surface area contributed by atoms with Crippen molar-refractivity contribution in [2.75, 3.05) is 7.05 Å². The van der Waals surface area contributed by atoms with Crippen molar-refractivity contribution in [3.8, 4) is 0 Å². The van der Waals surface area contributed by atoms with Gasteiger partial charge in [0.1, 0.15) is 6.04 Å². The highest BCUT2D eigenvalue weighted by Crippen LogP contribution is 2.20. The van der Waals surface area contributed by atoms with Crippen LogP contribution in [0.25, 0.3) is 0 Å². The van der Waals surface area contributed by atoms with Crippen LogP contribution < -0.4 is 0 Å². The fraction of sp³-hybridized carbons (Fsp3) is 0.636. The molecule has 1 heterocycles. The summed E-state index contributed by atoms with van der Waals surface area (Å²) in [5.41, 5.74) is 0.948. The van der Waals surface area contributed by atoms with Gasteiger partial charge in [-0.1, -0.05) is 13.8 Å². The number of aliphatic carboxylic acids is 1. The van der Waals surface area contributed by atoms with E-state index in [1.807, 2.05) is 5.38 Å². The van der Waals surface area contributed by atoms with Gasteiger partial charge in [0.25, 0.3) is 0 Å². The average Bonchev–Trinajstić information content (AvgIpc) is 2.64. The Hall–Kier alpha value is -0.940. The molecule has 1 unspecified atom stereocenters. The van der Waals surface area contributed by atoms with Gasteiger partial charge in [0, 0.05) is 17.8 Å². The molecule has 0 aliphatic carbocycles. The summed E-state index contributed by atoms with van der Waals surface area (Å²) >= 11 is 1.63. The summed E-state index contributed by atoms with van der Waals surface area (Å²) in [7, 11) is 1.80. The van der Waals surface area contributed by atoms with E-state index in [1.54, 1.807) is 30.2 Å². The SMILES string of the molecule is CC(C)c1nc(CN(C)C(C)C(=O)O)cs1. The topological polar surface area (TPSA) is 53.4 Å². The molecule has 0 amide bonds. The third-order valence-electron chi connectivity index (χ3n) is 2.49. The van der Waals surface area contributed by atoms with Gasteiger partial charge in [-0.25, -0.2) is 4.98 Å². The molecule has 0 aromatic carbocycles. The van der Waals surface area contributed by atoms with Crippen molar-refractivity contribution < 1.29 is 9.90 Å². The number of likely N-dealkylation sites (N-methyl/N-ethyl adjacent to an activating group) is 1. The monoisotopic (exact) mass is 242 g/mol. The van der Waals surface area contributed by atoms with E-state index >= 15 is 0 Å². The van der Waals surface area contributed by atoms with E-state index in [2.05, 4.69) is 18.8 Å². The van der Waals surface area contributed by atoms with E-state index in [4.69, 9.17) is 5.11 Å². The lowest BCUT2D eigenvalue weighted by molar-refractivity contribution is -0.142. The van der Waals surface area contributed by atoms with Crippen LogP contribution >= 0.6 is 11.3 Å². The van der Waals surface area contributed by atoms with E-state index in [0.29, 0.717) is 12.5 Å². The summed E-state index contributed by atoms with van der Waals surface area (Å²) in [5, 5.41) is 12.0. The quantitative estimate of drug-likeness (QED) is 0.859. The van der Waals surface area contributed by atoms with Gasteiger partial charge in [0.05, 0.1) is 10.7 Å². The molecule has 0 spiro atoms. The van der Waals surface area contributed by atoms with Gasteiger partial charge in [-0.3, -0.25) is 9.69 Å². The number of rotatable bonds is 5. The molecular formula is C11H18N2O2S. The van der Waals surface area contributed by atoms with Gasteiger partial charge in [0.15, 0.2) is 0 Å². The van der Waals surface area contributed by atoms with E-state index in [0.717, 1.165) is 10.7 Å². The highest BCUT2D eigenvalue weighted by molar-refractivity contribution is 7.09. The standard InChI is InChI=1S/C11H18N2O2S/c1-7(2)10-12-9(6-16-10)5-13(4)8(3)11(14)15/h6-8H,5H2,1-4H3,(H,14,15). The first-order valence-corrected chi connectivity index (χ1v) is 6.17. The average molecular weight is 242 g/mol. The minimum Gasteiger partial charge on any atom is -0.480 e. The number of hydrogen-bond acceptors (Lipinski definition) is 4. The first kappa shape index (κ1) is 13.1. The van der Waals surface area contributed by atoms with Crippen LogP contribution in [0.5, 0.6) is 0 Å². The summed E-state index contributed by atoms with van der Waals surface area (Å²) in [6, 6.07) is -0.482. The summed E-state index contributed by atoms with van der Waals surface area (Å²) < 4.78 is 0. The van der Waals surface area contributed by atoms with Crippen molar-refractivity contribution in [3.05, 3.63) is 16.1 Å². The van der Waals surface area contributed by atoms with E-state index in [1.165, 1.54) is 0 Å². The van der Waals surface area contributed by atoms with Crippen molar-refractivity contribution in [3.63, 3.8) is 0 Å². The van der Waals surface area contributed by atoms with Crippen LogP contribution in [-0.4, -0.2) is 34.0 Å². The lowest BCUT2D eigenvalue weighted by atomic mass is 10.2. The Morgan fingerprint density at radius 1 is 1.56 bits per heavy atom. The number of nitrogens with zero attached hydrogens (tertiary/aromatic N) is 2. The largest absolute Gasteiger partial charge is 0.480 e. The van der Waals surface area contributed by atoms with Gasteiger partial charge in [-0.05, 0) is 14.0 Å². The summed E-state index contributed by atoms with van der Waals surface area (Å²) in [6.45, 7) is 6.47. The lowest BCUT2D eigenvalue weighted by Crippen LogP contribution is -2.35. The Kier molecular flexibility index (Phi) is 4.44. The number of carboxylic acids is 1. The molecule has 0 bridgehead atoms. The zero-order valence-electron chi connectivity index (χ0n) is 10.1.